The number of pyridine rings is 1. The molecule has 39 heavy (non-hydrogen) atoms. The lowest BCUT2D eigenvalue weighted by atomic mass is 10.2. The van der Waals surface area contributed by atoms with Crippen LogP contribution in [0.2, 0.25) is 0 Å². The molecular formula is C27H21F3N4O4S. The lowest BCUT2D eigenvalue weighted by molar-refractivity contribution is -0.137. The number of halogens is 3. The molecule has 0 radical (unpaired) electrons. The summed E-state index contributed by atoms with van der Waals surface area (Å²) in [6.45, 7) is -0.262. The minimum absolute atomic E-state index is 0.105. The van der Waals surface area contributed by atoms with Crippen LogP contribution in [-0.2, 0) is 22.7 Å². The molecule has 0 spiro atoms. The lowest BCUT2D eigenvalue weighted by Gasteiger charge is -2.25. The molecule has 3 aromatic carbocycles. The Labute approximate surface area is 222 Å². The quantitative estimate of drug-likeness (QED) is 0.326. The second-order valence-corrected chi connectivity index (χ2v) is 10.1. The maximum atomic E-state index is 13.8. The van der Waals surface area contributed by atoms with Gasteiger partial charge in [-0.05, 0) is 54.1 Å². The SMILES string of the molecule is O=C(NNC(=O)c1cccc(S(=O)(=O)N(Cc2ccccc2)c2cccc(C(F)(F)F)c2)c1)c1cccnc1. The molecule has 0 saturated heterocycles. The van der Waals surface area contributed by atoms with E-state index in [2.05, 4.69) is 15.8 Å². The molecular weight excluding hydrogens is 533 g/mol. The summed E-state index contributed by atoms with van der Waals surface area (Å²) in [5.74, 6) is -1.45. The number of benzene rings is 3. The zero-order chi connectivity index (χ0) is 28.0. The topological polar surface area (TPSA) is 108 Å². The van der Waals surface area contributed by atoms with Crippen LogP contribution < -0.4 is 15.2 Å². The molecule has 2 amide bonds. The Kier molecular flexibility index (Phi) is 7.96. The zero-order valence-electron chi connectivity index (χ0n) is 20.1. The second-order valence-electron chi connectivity index (χ2n) is 8.22. The number of sulfonamides is 1. The summed E-state index contributed by atoms with van der Waals surface area (Å²) in [6.07, 6.45) is -1.91. The molecule has 1 aromatic heterocycles. The van der Waals surface area contributed by atoms with Crippen molar-refractivity contribution in [3.8, 4) is 0 Å². The number of rotatable bonds is 7. The normalized spacial score (nSPS) is 11.5. The third kappa shape index (κ3) is 6.60. The number of hydrogen-bond acceptors (Lipinski definition) is 5. The van der Waals surface area contributed by atoms with Gasteiger partial charge in [0.25, 0.3) is 21.8 Å². The van der Waals surface area contributed by atoms with Gasteiger partial charge in [0.15, 0.2) is 0 Å². The van der Waals surface area contributed by atoms with Crippen LogP contribution in [0.4, 0.5) is 18.9 Å². The largest absolute Gasteiger partial charge is 0.416 e. The molecule has 200 valence electrons. The molecule has 0 fully saturated rings. The average molecular weight is 555 g/mol. The summed E-state index contributed by atoms with van der Waals surface area (Å²) < 4.78 is 68.6. The minimum atomic E-state index is -4.68. The van der Waals surface area contributed by atoms with Gasteiger partial charge in [0.1, 0.15) is 0 Å². The van der Waals surface area contributed by atoms with Crippen LogP contribution in [0, 0.1) is 0 Å². The predicted octanol–water partition coefficient (Wildman–Crippen LogP) is 4.57. The van der Waals surface area contributed by atoms with Crippen molar-refractivity contribution in [2.24, 2.45) is 0 Å². The number of carbonyl (C=O) groups is 2. The fraction of sp³-hybridized carbons (Fsp3) is 0.0741. The Bertz CT molecular complexity index is 1580. The molecule has 12 heteroatoms. The van der Waals surface area contributed by atoms with Gasteiger partial charge >= 0.3 is 6.18 Å². The van der Waals surface area contributed by atoms with Crippen molar-refractivity contribution in [3.05, 3.63) is 126 Å². The van der Waals surface area contributed by atoms with Gasteiger partial charge in [-0.1, -0.05) is 42.5 Å². The molecule has 0 unspecified atom stereocenters. The first-order valence-electron chi connectivity index (χ1n) is 11.4. The molecule has 8 nitrogen and oxygen atoms in total. The highest BCUT2D eigenvalue weighted by Crippen LogP contribution is 2.34. The number of aromatic nitrogens is 1. The number of amides is 2. The molecule has 4 rings (SSSR count). The Morgan fingerprint density at radius 2 is 1.46 bits per heavy atom. The average Bonchev–Trinajstić information content (AvgIpc) is 2.95. The van der Waals surface area contributed by atoms with Crippen LogP contribution in [0.15, 0.2) is 108 Å². The number of nitrogens with zero attached hydrogens (tertiary/aromatic N) is 2. The Morgan fingerprint density at radius 1 is 0.795 bits per heavy atom. The first-order valence-corrected chi connectivity index (χ1v) is 12.8. The summed E-state index contributed by atoms with van der Waals surface area (Å²) in [7, 11) is -4.45. The van der Waals surface area contributed by atoms with E-state index in [1.807, 2.05) is 0 Å². The van der Waals surface area contributed by atoms with Gasteiger partial charge < -0.3 is 0 Å². The van der Waals surface area contributed by atoms with E-state index in [1.54, 1.807) is 30.3 Å². The molecule has 1 heterocycles. The number of hydrogen-bond donors (Lipinski definition) is 2. The molecule has 0 aliphatic carbocycles. The van der Waals surface area contributed by atoms with Crippen LogP contribution in [0.25, 0.3) is 0 Å². The molecule has 0 aliphatic heterocycles. The number of carbonyl (C=O) groups excluding carboxylic acids is 2. The minimum Gasteiger partial charge on any atom is -0.267 e. The van der Waals surface area contributed by atoms with E-state index >= 15 is 0 Å². The Hall–Kier alpha value is -4.71. The van der Waals surface area contributed by atoms with Crippen molar-refractivity contribution in [3.63, 3.8) is 0 Å². The van der Waals surface area contributed by atoms with Crippen molar-refractivity contribution in [1.29, 1.82) is 0 Å². The molecule has 4 aromatic rings. The Balaban J connectivity index is 1.64. The van der Waals surface area contributed by atoms with E-state index in [0.717, 1.165) is 28.6 Å². The van der Waals surface area contributed by atoms with Crippen LogP contribution in [0.3, 0.4) is 0 Å². The van der Waals surface area contributed by atoms with Gasteiger partial charge in [-0.25, -0.2) is 8.42 Å². The van der Waals surface area contributed by atoms with Gasteiger partial charge in [-0.3, -0.25) is 29.7 Å². The number of hydrazine groups is 1. The van der Waals surface area contributed by atoms with Crippen molar-refractivity contribution < 1.29 is 31.2 Å². The number of anilines is 1. The first-order chi connectivity index (χ1) is 18.6. The van der Waals surface area contributed by atoms with E-state index in [-0.39, 0.29) is 28.3 Å². The molecule has 2 N–H and O–H groups in total. The van der Waals surface area contributed by atoms with E-state index in [1.165, 1.54) is 48.8 Å². The molecule has 0 aliphatic rings. The standard InChI is InChI=1S/C27H21F3N4O4S/c28-27(29,30)22-11-5-12-23(16-22)34(18-19-7-2-1-3-8-19)39(37,38)24-13-4-9-20(15-24)25(35)32-33-26(36)21-10-6-14-31-17-21/h1-17H,18H2,(H,32,35)(H,33,36). The Morgan fingerprint density at radius 3 is 2.13 bits per heavy atom. The van der Waals surface area contributed by atoms with E-state index in [4.69, 9.17) is 0 Å². The molecule has 0 saturated carbocycles. The van der Waals surface area contributed by atoms with Gasteiger partial charge in [0, 0.05) is 18.0 Å². The van der Waals surface area contributed by atoms with E-state index < -0.39 is 33.6 Å². The zero-order valence-corrected chi connectivity index (χ0v) is 20.9. The van der Waals surface area contributed by atoms with Gasteiger partial charge in [0.05, 0.1) is 28.3 Å². The summed E-state index contributed by atoms with van der Waals surface area (Å²) in [5, 5.41) is 0. The summed E-state index contributed by atoms with van der Waals surface area (Å²) in [5.41, 5.74) is 3.82. The van der Waals surface area contributed by atoms with Crippen molar-refractivity contribution in [1.82, 2.24) is 15.8 Å². The van der Waals surface area contributed by atoms with Crippen LogP contribution in [0.1, 0.15) is 31.8 Å². The smallest absolute Gasteiger partial charge is 0.267 e. The monoisotopic (exact) mass is 554 g/mol. The van der Waals surface area contributed by atoms with Crippen molar-refractivity contribution in [2.75, 3.05) is 4.31 Å². The highest BCUT2D eigenvalue weighted by Gasteiger charge is 2.33. The van der Waals surface area contributed by atoms with E-state index in [0.29, 0.717) is 5.56 Å². The number of nitrogens with one attached hydrogen (secondary N) is 2. The lowest BCUT2D eigenvalue weighted by Crippen LogP contribution is -2.41. The highest BCUT2D eigenvalue weighted by atomic mass is 32.2. The predicted molar refractivity (Wildman–Crippen MR) is 137 cm³/mol. The van der Waals surface area contributed by atoms with E-state index in [9.17, 15) is 31.2 Å². The van der Waals surface area contributed by atoms with Crippen molar-refractivity contribution in [2.45, 2.75) is 17.6 Å². The van der Waals surface area contributed by atoms with Crippen molar-refractivity contribution >= 4 is 27.5 Å². The fourth-order valence-electron chi connectivity index (χ4n) is 3.58. The third-order valence-corrected chi connectivity index (χ3v) is 7.30. The fourth-order valence-corrected chi connectivity index (χ4v) is 5.07. The molecule has 0 bridgehead atoms. The summed E-state index contributed by atoms with van der Waals surface area (Å²) >= 11 is 0. The van der Waals surface area contributed by atoms with Crippen LogP contribution in [-0.4, -0.2) is 25.2 Å². The van der Waals surface area contributed by atoms with Crippen LogP contribution in [0.5, 0.6) is 0 Å². The van der Waals surface area contributed by atoms with Gasteiger partial charge in [-0.2, -0.15) is 13.2 Å². The van der Waals surface area contributed by atoms with Gasteiger partial charge in [0.2, 0.25) is 0 Å². The summed E-state index contributed by atoms with van der Waals surface area (Å²) in [4.78, 5) is 28.3. The number of alkyl halides is 3. The maximum Gasteiger partial charge on any atom is 0.416 e. The first kappa shape index (κ1) is 27.3. The second kappa shape index (κ2) is 11.4. The summed E-state index contributed by atoms with van der Waals surface area (Å²) in [6, 6.07) is 20.3. The maximum absolute atomic E-state index is 13.8. The third-order valence-electron chi connectivity index (χ3n) is 5.53. The molecule has 0 atom stereocenters. The van der Waals surface area contributed by atoms with Gasteiger partial charge in [-0.15, -0.1) is 0 Å². The highest BCUT2D eigenvalue weighted by molar-refractivity contribution is 7.92. The van der Waals surface area contributed by atoms with Crippen LogP contribution >= 0.6 is 0 Å².